The fourth-order valence-electron chi connectivity index (χ4n) is 3.03. The number of aliphatic hydroxyl groups is 1. The first kappa shape index (κ1) is 17.8. The van der Waals surface area contributed by atoms with Crippen molar-refractivity contribution in [3.8, 4) is 0 Å². The van der Waals surface area contributed by atoms with Crippen molar-refractivity contribution >= 4 is 11.7 Å². The Morgan fingerprint density at radius 2 is 1.91 bits per heavy atom. The standard InChI is InChI=1S/C18H28N2O3/c1-19(2)16-6-4-14(5-7-16)17(21)10-13-20-11-8-15(9-12-20)18(22)23-3/h4-7,15,17,21H,8-13H2,1-3H3. The number of carbonyl (C=O) groups excluding carboxylic acids is 1. The van der Waals surface area contributed by atoms with E-state index in [4.69, 9.17) is 4.74 Å². The summed E-state index contributed by atoms with van der Waals surface area (Å²) >= 11 is 0. The van der Waals surface area contributed by atoms with Crippen molar-refractivity contribution in [1.82, 2.24) is 4.90 Å². The van der Waals surface area contributed by atoms with Crippen LogP contribution in [-0.2, 0) is 9.53 Å². The molecule has 1 aromatic carbocycles. The molecule has 0 aromatic heterocycles. The number of benzene rings is 1. The number of esters is 1. The van der Waals surface area contributed by atoms with Gasteiger partial charge in [-0.2, -0.15) is 0 Å². The van der Waals surface area contributed by atoms with E-state index in [1.54, 1.807) is 0 Å². The summed E-state index contributed by atoms with van der Waals surface area (Å²) in [6.45, 7) is 2.64. The number of anilines is 1. The number of nitrogens with zero attached hydrogens (tertiary/aromatic N) is 2. The van der Waals surface area contributed by atoms with Gasteiger partial charge >= 0.3 is 5.97 Å². The molecule has 5 heteroatoms. The summed E-state index contributed by atoms with van der Waals surface area (Å²) in [7, 11) is 5.46. The van der Waals surface area contributed by atoms with Gasteiger partial charge in [0.25, 0.3) is 0 Å². The minimum absolute atomic E-state index is 0.0414. The number of rotatable bonds is 6. The van der Waals surface area contributed by atoms with Crippen LogP contribution in [0.1, 0.15) is 30.9 Å². The maximum atomic E-state index is 11.5. The molecule has 0 amide bonds. The second-order valence-corrected chi connectivity index (χ2v) is 6.43. The number of methoxy groups -OCH3 is 1. The van der Waals surface area contributed by atoms with Crippen molar-refractivity contribution in [1.29, 1.82) is 0 Å². The molecule has 1 saturated heterocycles. The number of ether oxygens (including phenoxy) is 1. The normalized spacial score (nSPS) is 17.7. The Bertz CT molecular complexity index is 493. The number of hydrogen-bond acceptors (Lipinski definition) is 5. The summed E-state index contributed by atoms with van der Waals surface area (Å²) in [5.41, 5.74) is 2.09. The molecule has 1 heterocycles. The molecular formula is C18H28N2O3. The second-order valence-electron chi connectivity index (χ2n) is 6.43. The SMILES string of the molecule is COC(=O)C1CCN(CCC(O)c2ccc(N(C)C)cc2)CC1. The van der Waals surface area contributed by atoms with E-state index in [0.717, 1.165) is 43.7 Å². The Morgan fingerprint density at radius 3 is 2.43 bits per heavy atom. The minimum atomic E-state index is -0.440. The van der Waals surface area contributed by atoms with E-state index in [2.05, 4.69) is 4.90 Å². The Balaban J connectivity index is 1.76. The van der Waals surface area contributed by atoms with Gasteiger partial charge in [-0.05, 0) is 50.0 Å². The third-order valence-electron chi connectivity index (χ3n) is 4.64. The van der Waals surface area contributed by atoms with E-state index in [1.165, 1.54) is 7.11 Å². The molecule has 2 rings (SSSR count). The predicted molar refractivity (Wildman–Crippen MR) is 91.5 cm³/mol. The number of piperidine rings is 1. The average molecular weight is 320 g/mol. The van der Waals surface area contributed by atoms with Gasteiger partial charge in [0.05, 0.1) is 19.1 Å². The maximum Gasteiger partial charge on any atom is 0.308 e. The van der Waals surface area contributed by atoms with E-state index in [0.29, 0.717) is 6.42 Å². The lowest BCUT2D eigenvalue weighted by atomic mass is 9.96. The molecule has 128 valence electrons. The van der Waals surface area contributed by atoms with Crippen molar-refractivity contribution < 1.29 is 14.6 Å². The lowest BCUT2D eigenvalue weighted by Gasteiger charge is -2.31. The fraction of sp³-hybridized carbons (Fsp3) is 0.611. The third-order valence-corrected chi connectivity index (χ3v) is 4.64. The van der Waals surface area contributed by atoms with Gasteiger partial charge in [-0.15, -0.1) is 0 Å². The minimum Gasteiger partial charge on any atom is -0.469 e. The molecule has 0 bridgehead atoms. The van der Waals surface area contributed by atoms with E-state index < -0.39 is 6.10 Å². The molecule has 0 spiro atoms. The van der Waals surface area contributed by atoms with Crippen LogP contribution in [0.3, 0.4) is 0 Å². The van der Waals surface area contributed by atoms with Gasteiger partial charge in [0.1, 0.15) is 0 Å². The Kier molecular flexibility index (Phi) is 6.42. The lowest BCUT2D eigenvalue weighted by Crippen LogP contribution is -2.37. The Morgan fingerprint density at radius 1 is 1.30 bits per heavy atom. The summed E-state index contributed by atoms with van der Waals surface area (Å²) in [5.74, 6) is -0.0505. The highest BCUT2D eigenvalue weighted by Gasteiger charge is 2.25. The van der Waals surface area contributed by atoms with Gasteiger partial charge in [-0.1, -0.05) is 12.1 Å². The fourth-order valence-corrected chi connectivity index (χ4v) is 3.03. The first-order valence-corrected chi connectivity index (χ1v) is 8.26. The summed E-state index contributed by atoms with van der Waals surface area (Å²) in [5, 5.41) is 10.3. The topological polar surface area (TPSA) is 53.0 Å². The van der Waals surface area contributed by atoms with E-state index in [1.807, 2.05) is 43.3 Å². The molecule has 1 aliphatic rings. The van der Waals surface area contributed by atoms with Gasteiger partial charge < -0.3 is 19.6 Å². The first-order chi connectivity index (χ1) is 11.0. The highest BCUT2D eigenvalue weighted by atomic mass is 16.5. The largest absolute Gasteiger partial charge is 0.469 e. The zero-order valence-electron chi connectivity index (χ0n) is 14.4. The van der Waals surface area contributed by atoms with Gasteiger partial charge in [-0.25, -0.2) is 0 Å². The summed E-state index contributed by atoms with van der Waals surface area (Å²) in [6.07, 6.45) is 1.97. The van der Waals surface area contributed by atoms with Gasteiger partial charge in [0.15, 0.2) is 0 Å². The molecule has 1 N–H and O–H groups in total. The van der Waals surface area contributed by atoms with E-state index in [9.17, 15) is 9.90 Å². The smallest absolute Gasteiger partial charge is 0.308 e. The number of likely N-dealkylation sites (tertiary alicyclic amines) is 1. The second kappa shape index (κ2) is 8.31. The summed E-state index contributed by atoms with van der Waals surface area (Å²) < 4.78 is 4.81. The van der Waals surface area contributed by atoms with Crippen LogP contribution in [0.2, 0.25) is 0 Å². The summed E-state index contributed by atoms with van der Waals surface area (Å²) in [6, 6.07) is 8.04. The molecule has 1 unspecified atom stereocenters. The highest BCUT2D eigenvalue weighted by Crippen LogP contribution is 2.23. The molecule has 1 aliphatic heterocycles. The average Bonchev–Trinajstić information content (AvgIpc) is 2.59. The molecule has 0 aliphatic carbocycles. The number of hydrogen-bond donors (Lipinski definition) is 1. The van der Waals surface area contributed by atoms with Crippen LogP contribution >= 0.6 is 0 Å². The van der Waals surface area contributed by atoms with Crippen LogP contribution in [0.15, 0.2) is 24.3 Å². The molecular weight excluding hydrogens is 292 g/mol. The number of aliphatic hydroxyl groups excluding tert-OH is 1. The van der Waals surface area contributed by atoms with Crippen LogP contribution in [0.25, 0.3) is 0 Å². The van der Waals surface area contributed by atoms with Crippen LogP contribution in [0.5, 0.6) is 0 Å². The Hall–Kier alpha value is -1.59. The highest BCUT2D eigenvalue weighted by molar-refractivity contribution is 5.72. The quantitative estimate of drug-likeness (QED) is 0.813. The summed E-state index contributed by atoms with van der Waals surface area (Å²) in [4.78, 5) is 15.9. The van der Waals surface area contributed by atoms with Crippen LogP contribution < -0.4 is 4.90 Å². The van der Waals surface area contributed by atoms with Crippen molar-refractivity contribution in [3.05, 3.63) is 29.8 Å². The zero-order valence-corrected chi connectivity index (χ0v) is 14.4. The molecule has 1 atom stereocenters. The van der Waals surface area contributed by atoms with E-state index in [-0.39, 0.29) is 11.9 Å². The molecule has 1 fully saturated rings. The maximum absolute atomic E-state index is 11.5. The Labute approximate surface area is 138 Å². The van der Waals surface area contributed by atoms with Crippen LogP contribution in [0.4, 0.5) is 5.69 Å². The van der Waals surface area contributed by atoms with Crippen molar-refractivity contribution in [2.24, 2.45) is 5.92 Å². The van der Waals surface area contributed by atoms with Crippen molar-refractivity contribution in [3.63, 3.8) is 0 Å². The first-order valence-electron chi connectivity index (χ1n) is 8.26. The van der Waals surface area contributed by atoms with E-state index >= 15 is 0 Å². The monoisotopic (exact) mass is 320 g/mol. The molecule has 5 nitrogen and oxygen atoms in total. The molecule has 1 aromatic rings. The van der Waals surface area contributed by atoms with Crippen LogP contribution in [0, 0.1) is 5.92 Å². The van der Waals surface area contributed by atoms with Gasteiger partial charge in [-0.3, -0.25) is 4.79 Å². The van der Waals surface area contributed by atoms with Gasteiger partial charge in [0.2, 0.25) is 0 Å². The van der Waals surface area contributed by atoms with Crippen molar-refractivity contribution in [2.45, 2.75) is 25.4 Å². The molecule has 0 saturated carbocycles. The van der Waals surface area contributed by atoms with Gasteiger partial charge in [0, 0.05) is 26.3 Å². The molecule has 0 radical (unpaired) electrons. The molecule has 23 heavy (non-hydrogen) atoms. The lowest BCUT2D eigenvalue weighted by molar-refractivity contribution is -0.147. The van der Waals surface area contributed by atoms with Crippen molar-refractivity contribution in [2.75, 3.05) is 45.7 Å². The zero-order chi connectivity index (χ0) is 16.8. The third kappa shape index (κ3) is 4.94. The van der Waals surface area contributed by atoms with Crippen LogP contribution in [-0.4, -0.2) is 56.8 Å². The number of carbonyl (C=O) groups is 1. The predicted octanol–water partition coefficient (Wildman–Crippen LogP) is 2.06.